The van der Waals surface area contributed by atoms with Gasteiger partial charge < -0.3 is 14.4 Å². The zero-order chi connectivity index (χ0) is 13.7. The van der Waals surface area contributed by atoms with Gasteiger partial charge in [-0.25, -0.2) is 0 Å². The molecule has 2 heterocycles. The highest BCUT2D eigenvalue weighted by atomic mass is 16.5. The van der Waals surface area contributed by atoms with Crippen molar-refractivity contribution in [1.82, 2.24) is 4.90 Å². The lowest BCUT2D eigenvalue weighted by Crippen LogP contribution is -2.40. The summed E-state index contributed by atoms with van der Waals surface area (Å²) in [6, 6.07) is 0. The van der Waals surface area contributed by atoms with E-state index in [9.17, 15) is 9.59 Å². The highest BCUT2D eigenvalue weighted by Crippen LogP contribution is 2.21. The minimum atomic E-state index is -0.147. The molecule has 0 bridgehead atoms. The van der Waals surface area contributed by atoms with Crippen LogP contribution in [0.5, 0.6) is 0 Å². The Balaban J connectivity index is 1.68. The highest BCUT2D eigenvalue weighted by Gasteiger charge is 2.28. The fraction of sp³-hybridized carbons (Fsp3) is 0.857. The lowest BCUT2D eigenvalue weighted by Gasteiger charge is -2.31. The summed E-state index contributed by atoms with van der Waals surface area (Å²) in [4.78, 5) is 25.3. The van der Waals surface area contributed by atoms with Gasteiger partial charge in [-0.2, -0.15) is 0 Å². The lowest BCUT2D eigenvalue weighted by molar-refractivity contribution is -0.149. The van der Waals surface area contributed by atoms with Gasteiger partial charge in [-0.3, -0.25) is 9.59 Å². The molecule has 0 aromatic carbocycles. The molecule has 0 radical (unpaired) electrons. The predicted molar refractivity (Wildman–Crippen MR) is 69.5 cm³/mol. The molecule has 5 nitrogen and oxygen atoms in total. The Hall–Kier alpha value is -1.10. The third-order valence-electron chi connectivity index (χ3n) is 4.09. The number of rotatable bonds is 4. The molecule has 2 fully saturated rings. The molecular weight excluding hydrogens is 246 g/mol. The Morgan fingerprint density at radius 1 is 1.26 bits per heavy atom. The van der Waals surface area contributed by atoms with Crippen LogP contribution < -0.4 is 0 Å². The van der Waals surface area contributed by atoms with E-state index in [-0.39, 0.29) is 23.9 Å². The molecule has 5 heteroatoms. The van der Waals surface area contributed by atoms with E-state index < -0.39 is 0 Å². The third kappa shape index (κ3) is 3.93. The number of carbonyl (C=O) groups excluding carboxylic acids is 2. The first-order valence-electron chi connectivity index (χ1n) is 7.18. The van der Waals surface area contributed by atoms with Gasteiger partial charge in [0.15, 0.2) is 0 Å². The second-order valence-corrected chi connectivity index (χ2v) is 5.35. The van der Waals surface area contributed by atoms with Crippen molar-refractivity contribution < 1.29 is 19.1 Å². The van der Waals surface area contributed by atoms with Crippen LogP contribution in [0.1, 0.15) is 38.5 Å². The van der Waals surface area contributed by atoms with Crippen molar-refractivity contribution in [1.29, 1.82) is 0 Å². The summed E-state index contributed by atoms with van der Waals surface area (Å²) in [5.74, 6) is 0.0116. The van der Waals surface area contributed by atoms with Gasteiger partial charge >= 0.3 is 5.97 Å². The highest BCUT2D eigenvalue weighted by molar-refractivity contribution is 5.77. The number of ether oxygens (including phenoxy) is 2. The SMILES string of the molecule is COC(=O)C1CCN(C(=O)CCC2CCCO2)CC1. The van der Waals surface area contributed by atoms with E-state index >= 15 is 0 Å². The summed E-state index contributed by atoms with van der Waals surface area (Å²) in [5.41, 5.74) is 0. The lowest BCUT2D eigenvalue weighted by atomic mass is 9.96. The quantitative estimate of drug-likeness (QED) is 0.723. The zero-order valence-electron chi connectivity index (χ0n) is 11.6. The summed E-state index contributed by atoms with van der Waals surface area (Å²) in [5, 5.41) is 0. The van der Waals surface area contributed by atoms with Crippen LogP contribution in [0.4, 0.5) is 0 Å². The Morgan fingerprint density at radius 3 is 2.58 bits per heavy atom. The van der Waals surface area contributed by atoms with Crippen LogP contribution in [0.3, 0.4) is 0 Å². The molecule has 1 unspecified atom stereocenters. The molecule has 19 heavy (non-hydrogen) atoms. The van der Waals surface area contributed by atoms with Crippen molar-refractivity contribution in [3.63, 3.8) is 0 Å². The van der Waals surface area contributed by atoms with Crippen LogP contribution >= 0.6 is 0 Å². The van der Waals surface area contributed by atoms with Crippen LogP contribution in [0.25, 0.3) is 0 Å². The minimum absolute atomic E-state index is 0.0350. The summed E-state index contributed by atoms with van der Waals surface area (Å²) in [6.45, 7) is 2.18. The monoisotopic (exact) mass is 269 g/mol. The number of amides is 1. The maximum absolute atomic E-state index is 12.1. The number of piperidine rings is 1. The van der Waals surface area contributed by atoms with Crippen LogP contribution in [-0.4, -0.2) is 49.7 Å². The van der Waals surface area contributed by atoms with Gasteiger partial charge in [0.2, 0.25) is 5.91 Å². The second kappa shape index (κ2) is 6.89. The van der Waals surface area contributed by atoms with Gasteiger partial charge in [-0.15, -0.1) is 0 Å². The summed E-state index contributed by atoms with van der Waals surface area (Å²) >= 11 is 0. The van der Waals surface area contributed by atoms with Crippen molar-refractivity contribution in [2.75, 3.05) is 26.8 Å². The molecule has 1 atom stereocenters. The van der Waals surface area contributed by atoms with Crippen LogP contribution in [0.2, 0.25) is 0 Å². The molecule has 0 saturated carbocycles. The fourth-order valence-electron chi connectivity index (χ4n) is 2.85. The van der Waals surface area contributed by atoms with E-state index in [4.69, 9.17) is 9.47 Å². The van der Waals surface area contributed by atoms with Gasteiger partial charge in [-0.05, 0) is 32.1 Å². The predicted octanol–water partition coefficient (Wildman–Crippen LogP) is 1.36. The molecule has 108 valence electrons. The van der Waals surface area contributed by atoms with Crippen molar-refractivity contribution in [3.05, 3.63) is 0 Å². The average molecular weight is 269 g/mol. The number of nitrogens with zero attached hydrogens (tertiary/aromatic N) is 1. The van der Waals surface area contributed by atoms with Crippen LogP contribution in [0.15, 0.2) is 0 Å². The Morgan fingerprint density at radius 2 is 2.00 bits per heavy atom. The number of hydrogen-bond donors (Lipinski definition) is 0. The molecule has 2 aliphatic rings. The van der Waals surface area contributed by atoms with Crippen LogP contribution in [0, 0.1) is 5.92 Å². The molecule has 1 amide bonds. The Kier molecular flexibility index (Phi) is 5.19. The Bertz CT molecular complexity index is 317. The topological polar surface area (TPSA) is 55.8 Å². The summed E-state index contributed by atoms with van der Waals surface area (Å²) in [6.07, 6.45) is 5.30. The molecule has 2 aliphatic heterocycles. The summed E-state index contributed by atoms with van der Waals surface area (Å²) < 4.78 is 10.3. The smallest absolute Gasteiger partial charge is 0.308 e. The number of hydrogen-bond acceptors (Lipinski definition) is 4. The average Bonchev–Trinajstić information content (AvgIpc) is 2.97. The minimum Gasteiger partial charge on any atom is -0.469 e. The van der Waals surface area contributed by atoms with Gasteiger partial charge in [0.05, 0.1) is 19.1 Å². The van der Waals surface area contributed by atoms with Crippen molar-refractivity contribution in [2.24, 2.45) is 5.92 Å². The maximum atomic E-state index is 12.1. The molecule has 0 aliphatic carbocycles. The second-order valence-electron chi connectivity index (χ2n) is 5.35. The largest absolute Gasteiger partial charge is 0.469 e. The van der Waals surface area contributed by atoms with E-state index in [2.05, 4.69) is 0 Å². The number of carbonyl (C=O) groups is 2. The number of methoxy groups -OCH3 is 1. The molecule has 0 aromatic heterocycles. The molecule has 0 aromatic rings. The maximum Gasteiger partial charge on any atom is 0.308 e. The summed E-state index contributed by atoms with van der Waals surface area (Å²) in [7, 11) is 1.42. The number of likely N-dealkylation sites (tertiary alicyclic amines) is 1. The van der Waals surface area contributed by atoms with E-state index in [0.29, 0.717) is 19.5 Å². The van der Waals surface area contributed by atoms with Gasteiger partial charge in [-0.1, -0.05) is 0 Å². The first kappa shape index (κ1) is 14.3. The van der Waals surface area contributed by atoms with E-state index in [1.165, 1.54) is 7.11 Å². The molecule has 2 saturated heterocycles. The Labute approximate surface area is 114 Å². The first-order chi connectivity index (χ1) is 9.20. The first-order valence-corrected chi connectivity index (χ1v) is 7.18. The molecule has 0 spiro atoms. The van der Waals surface area contributed by atoms with E-state index in [0.717, 1.165) is 38.7 Å². The molecular formula is C14H23NO4. The van der Waals surface area contributed by atoms with Crippen LogP contribution in [-0.2, 0) is 19.1 Å². The standard InChI is InChI=1S/C14H23NO4/c1-18-14(17)11-6-8-15(9-7-11)13(16)5-4-12-3-2-10-19-12/h11-12H,2-10H2,1H3. The van der Waals surface area contributed by atoms with E-state index in [1.807, 2.05) is 4.90 Å². The van der Waals surface area contributed by atoms with Crippen molar-refractivity contribution in [2.45, 2.75) is 44.6 Å². The molecule has 0 N–H and O–H groups in total. The normalized spacial score (nSPS) is 24.5. The molecule has 2 rings (SSSR count). The van der Waals surface area contributed by atoms with Gasteiger partial charge in [0.25, 0.3) is 0 Å². The number of esters is 1. The third-order valence-corrected chi connectivity index (χ3v) is 4.09. The van der Waals surface area contributed by atoms with E-state index in [1.54, 1.807) is 0 Å². The van der Waals surface area contributed by atoms with Gasteiger partial charge in [0, 0.05) is 26.1 Å². The fourth-order valence-corrected chi connectivity index (χ4v) is 2.85. The van der Waals surface area contributed by atoms with Crippen molar-refractivity contribution >= 4 is 11.9 Å². The zero-order valence-corrected chi connectivity index (χ0v) is 11.6. The van der Waals surface area contributed by atoms with Gasteiger partial charge in [0.1, 0.15) is 0 Å². The van der Waals surface area contributed by atoms with Crippen molar-refractivity contribution in [3.8, 4) is 0 Å².